The van der Waals surface area contributed by atoms with Gasteiger partial charge in [-0.05, 0) is 44.4 Å². The number of carbonyl (C=O) groups excluding carboxylic acids is 2. The number of aromatic nitrogens is 4. The molecule has 2 heterocycles. The highest BCUT2D eigenvalue weighted by molar-refractivity contribution is 5.75. The first-order valence-corrected chi connectivity index (χ1v) is 16.7. The Hall–Kier alpha value is -3.21. The van der Waals surface area contributed by atoms with Gasteiger partial charge in [-0.25, -0.2) is 4.98 Å². The van der Waals surface area contributed by atoms with Crippen LogP contribution in [0.4, 0.5) is 5.95 Å². The first kappa shape index (κ1) is 37.0. The van der Waals surface area contributed by atoms with Gasteiger partial charge >= 0.3 is 11.9 Å². The zero-order valence-electron chi connectivity index (χ0n) is 27.2. The Kier molecular flexibility index (Phi) is 18.1. The summed E-state index contributed by atoms with van der Waals surface area (Å²) in [4.78, 5) is 47.7. The van der Waals surface area contributed by atoms with Crippen molar-refractivity contribution in [3.8, 4) is 0 Å². The van der Waals surface area contributed by atoms with E-state index in [0.29, 0.717) is 25.0 Å². The van der Waals surface area contributed by atoms with Gasteiger partial charge in [0.25, 0.3) is 5.56 Å². The first-order valence-electron chi connectivity index (χ1n) is 16.7. The van der Waals surface area contributed by atoms with E-state index in [1.54, 1.807) is 4.57 Å². The van der Waals surface area contributed by atoms with Crippen molar-refractivity contribution >= 4 is 29.1 Å². The van der Waals surface area contributed by atoms with Crippen LogP contribution < -0.4 is 17.0 Å². The second-order valence-electron chi connectivity index (χ2n) is 12.1. The normalized spacial score (nSPS) is 13.1. The maximum absolute atomic E-state index is 12.5. The maximum Gasteiger partial charge on any atom is 0.323 e. The summed E-state index contributed by atoms with van der Waals surface area (Å²) in [7, 11) is 0. The van der Waals surface area contributed by atoms with Crippen LogP contribution in [-0.4, -0.2) is 50.7 Å². The van der Waals surface area contributed by atoms with E-state index in [1.807, 2.05) is 13.8 Å². The molecule has 2 aromatic heterocycles. The number of H-pyrrole nitrogens is 1. The maximum atomic E-state index is 12.5. The average Bonchev–Trinajstić information content (AvgIpc) is 3.39. The van der Waals surface area contributed by atoms with Gasteiger partial charge in [0.15, 0.2) is 11.2 Å². The van der Waals surface area contributed by atoms with Crippen molar-refractivity contribution in [1.82, 2.24) is 19.5 Å². The molecule has 0 aliphatic heterocycles. The van der Waals surface area contributed by atoms with Crippen LogP contribution in [0.1, 0.15) is 117 Å². The van der Waals surface area contributed by atoms with Crippen LogP contribution in [0.5, 0.6) is 0 Å². The molecule has 0 bridgehead atoms. The summed E-state index contributed by atoms with van der Waals surface area (Å²) < 4.78 is 12.7. The summed E-state index contributed by atoms with van der Waals surface area (Å²) in [6.45, 7) is 6.57. The molecule has 44 heavy (non-hydrogen) atoms. The highest BCUT2D eigenvalue weighted by Gasteiger charge is 2.21. The van der Waals surface area contributed by atoms with Gasteiger partial charge in [0.05, 0.1) is 19.5 Å². The molecule has 0 unspecified atom stereocenters. The fraction of sp³-hybridized carbons (Fsp3) is 0.727. The average molecular weight is 617 g/mol. The number of nitrogens with two attached hydrogens (primary N) is 2. The summed E-state index contributed by atoms with van der Waals surface area (Å²) >= 11 is 0. The zero-order valence-corrected chi connectivity index (χ0v) is 27.2. The second-order valence-corrected chi connectivity index (χ2v) is 12.1. The molecule has 2 rings (SSSR count). The van der Waals surface area contributed by atoms with Gasteiger partial charge in [-0.3, -0.25) is 19.4 Å². The smallest absolute Gasteiger partial charge is 0.323 e. The lowest BCUT2D eigenvalue weighted by atomic mass is 10.1. The zero-order chi connectivity index (χ0) is 32.2. The Morgan fingerprint density at radius 2 is 1.61 bits per heavy atom. The molecule has 0 aliphatic carbocycles. The molecule has 11 heteroatoms. The largest absolute Gasteiger partial charge is 0.465 e. The molecule has 248 valence electrons. The highest BCUT2D eigenvalue weighted by Crippen LogP contribution is 2.15. The Morgan fingerprint density at radius 1 is 0.977 bits per heavy atom. The van der Waals surface area contributed by atoms with Crippen LogP contribution in [-0.2, 0) is 25.6 Å². The van der Waals surface area contributed by atoms with E-state index in [4.69, 9.17) is 20.9 Å². The number of unbranched alkanes of at least 4 members (excludes halogenated alkanes) is 11. The second kappa shape index (κ2) is 21.5. The van der Waals surface area contributed by atoms with E-state index < -0.39 is 17.6 Å². The number of nitrogens with one attached hydrogen (secondary N) is 1. The van der Waals surface area contributed by atoms with Crippen LogP contribution in [0.25, 0.3) is 11.2 Å². The lowest BCUT2D eigenvalue weighted by Crippen LogP contribution is -2.37. The van der Waals surface area contributed by atoms with Gasteiger partial charge in [-0.2, -0.15) is 4.98 Å². The Balaban J connectivity index is 1.71. The molecule has 0 saturated carbocycles. The molecule has 0 aromatic carbocycles. The van der Waals surface area contributed by atoms with E-state index in [9.17, 15) is 14.4 Å². The Bertz CT molecular complexity index is 1190. The summed E-state index contributed by atoms with van der Waals surface area (Å²) in [5.74, 6) is -0.975. The number of nitrogens with zero attached hydrogens (tertiary/aromatic N) is 3. The number of carbonyl (C=O) groups is 2. The summed E-state index contributed by atoms with van der Waals surface area (Å²) in [5, 5.41) is 0. The molecule has 5 N–H and O–H groups in total. The minimum atomic E-state index is -0.700. The van der Waals surface area contributed by atoms with Gasteiger partial charge in [0.2, 0.25) is 5.95 Å². The molecule has 11 nitrogen and oxygen atoms in total. The molecule has 0 fully saturated rings. The quantitative estimate of drug-likeness (QED) is 0.0748. The number of ether oxygens (including phenoxy) is 2. The monoisotopic (exact) mass is 616 g/mol. The van der Waals surface area contributed by atoms with Crippen LogP contribution in [0.3, 0.4) is 0 Å². The molecule has 2 atom stereocenters. The molecule has 0 amide bonds. The predicted molar refractivity (Wildman–Crippen MR) is 175 cm³/mol. The lowest BCUT2D eigenvalue weighted by molar-refractivity contribution is -0.149. The Labute approximate surface area is 262 Å². The van der Waals surface area contributed by atoms with Crippen LogP contribution in [0, 0.1) is 11.8 Å². The van der Waals surface area contributed by atoms with Gasteiger partial charge in [0, 0.05) is 18.9 Å². The van der Waals surface area contributed by atoms with Crippen LogP contribution in [0.15, 0.2) is 23.3 Å². The number of nitrogen functional groups attached to an aromatic ring is 1. The van der Waals surface area contributed by atoms with Crippen molar-refractivity contribution < 1.29 is 19.1 Å². The molecule has 0 radical (unpaired) electrons. The topological polar surface area (TPSA) is 168 Å². The van der Waals surface area contributed by atoms with Gasteiger partial charge < -0.3 is 25.5 Å². The third kappa shape index (κ3) is 14.5. The highest BCUT2D eigenvalue weighted by atomic mass is 16.5. The standard InChI is InChI=1S/C33H56N6O5/c1-4-5-6-7-8-9-10-11-12-13-14-15-16-17-18-19-27(40)44-23-26(20-21-43-32(42)28(34)25(2)3)22-39-24-36-29-30(39)37-33(35)38-31(29)41/h11-12,24-26,28H,4-10,13-23,34H2,1-3H3,(H3,35,37,38,41)/t26-,28+/m1/s1. The number of hydrogen-bond donors (Lipinski definition) is 3. The number of aromatic amines is 1. The summed E-state index contributed by atoms with van der Waals surface area (Å²) in [5.41, 5.74) is 11.7. The number of imidazole rings is 1. The third-order valence-corrected chi connectivity index (χ3v) is 7.83. The minimum Gasteiger partial charge on any atom is -0.465 e. The number of fused-ring (bicyclic) bond motifs is 1. The molecular formula is C33H56N6O5. The number of rotatable bonds is 24. The number of anilines is 1. The van der Waals surface area contributed by atoms with Crippen molar-refractivity contribution in [2.75, 3.05) is 18.9 Å². The Morgan fingerprint density at radius 3 is 2.27 bits per heavy atom. The molecule has 2 aromatic rings. The third-order valence-electron chi connectivity index (χ3n) is 7.83. The van der Waals surface area contributed by atoms with E-state index >= 15 is 0 Å². The SMILES string of the molecule is CCCCCCCCC=CCCCCCCCC(=O)OC[C@H](CCOC(=O)[C@@H](N)C(C)C)Cn1cnc2c(=O)[nH]c(N)nc21. The van der Waals surface area contributed by atoms with Gasteiger partial charge in [-0.15, -0.1) is 0 Å². The first-order chi connectivity index (χ1) is 21.2. The number of esters is 2. The van der Waals surface area contributed by atoms with E-state index in [0.717, 1.165) is 32.1 Å². The fourth-order valence-corrected chi connectivity index (χ4v) is 4.93. The van der Waals surface area contributed by atoms with Crippen molar-refractivity contribution in [3.63, 3.8) is 0 Å². The number of allylic oxidation sites excluding steroid dienone is 2. The van der Waals surface area contributed by atoms with Crippen molar-refractivity contribution in [2.45, 2.75) is 130 Å². The summed E-state index contributed by atoms with van der Waals surface area (Å²) in [6, 6.07) is -0.700. The van der Waals surface area contributed by atoms with E-state index in [-0.39, 0.29) is 42.5 Å². The van der Waals surface area contributed by atoms with Gasteiger partial charge in [0.1, 0.15) is 6.04 Å². The molecule has 0 aliphatic rings. The van der Waals surface area contributed by atoms with Crippen LogP contribution in [0.2, 0.25) is 0 Å². The van der Waals surface area contributed by atoms with E-state index in [1.165, 1.54) is 57.7 Å². The molecular weight excluding hydrogens is 560 g/mol. The van der Waals surface area contributed by atoms with E-state index in [2.05, 4.69) is 34.0 Å². The summed E-state index contributed by atoms with van der Waals surface area (Å²) in [6.07, 6.45) is 22.5. The van der Waals surface area contributed by atoms with Crippen molar-refractivity contribution in [1.29, 1.82) is 0 Å². The lowest BCUT2D eigenvalue weighted by Gasteiger charge is -2.19. The fourth-order valence-electron chi connectivity index (χ4n) is 4.93. The van der Waals surface area contributed by atoms with Crippen LogP contribution >= 0.6 is 0 Å². The van der Waals surface area contributed by atoms with Crippen molar-refractivity contribution in [2.24, 2.45) is 17.6 Å². The molecule has 0 saturated heterocycles. The number of hydrogen-bond acceptors (Lipinski definition) is 9. The predicted octanol–water partition coefficient (Wildman–Crippen LogP) is 5.82. The molecule has 0 spiro atoms. The van der Waals surface area contributed by atoms with Crippen molar-refractivity contribution in [3.05, 3.63) is 28.8 Å². The minimum absolute atomic E-state index is 0.0104. The van der Waals surface area contributed by atoms with Gasteiger partial charge in [-0.1, -0.05) is 84.3 Å².